The summed E-state index contributed by atoms with van der Waals surface area (Å²) >= 11 is 6.14. The van der Waals surface area contributed by atoms with E-state index in [1.807, 2.05) is 6.92 Å². The lowest BCUT2D eigenvalue weighted by molar-refractivity contribution is -0.153. The Balaban J connectivity index is 2.30. The lowest BCUT2D eigenvalue weighted by atomic mass is 10.1. The Morgan fingerprint density at radius 2 is 2.00 bits per heavy atom. The zero-order valence-electron chi connectivity index (χ0n) is 10.8. The third kappa shape index (κ3) is 3.76. The van der Waals surface area contributed by atoms with Gasteiger partial charge in [0.1, 0.15) is 5.75 Å². The summed E-state index contributed by atoms with van der Waals surface area (Å²) in [6.45, 7) is 0.714. The summed E-state index contributed by atoms with van der Waals surface area (Å²) in [6.07, 6.45) is -2.61. The van der Waals surface area contributed by atoms with E-state index in [2.05, 4.69) is 4.98 Å². The van der Waals surface area contributed by atoms with E-state index >= 15 is 0 Å². The van der Waals surface area contributed by atoms with Crippen LogP contribution in [0.4, 0.5) is 13.2 Å². The molecule has 0 aliphatic heterocycles. The average Bonchev–Trinajstić information content (AvgIpc) is 2.36. The number of halogens is 4. The van der Waals surface area contributed by atoms with Crippen molar-refractivity contribution in [1.82, 2.24) is 4.98 Å². The Morgan fingerprint density at radius 3 is 2.65 bits per heavy atom. The standard InChI is InChI=1S/C14H13ClF3NO/c1-2-3-9-6-12(15)11-7-10(4-5-13(11)19-9)20-8-14(16,17)18/h4-7H,2-3,8H2,1H3. The molecule has 2 rings (SSSR count). The Bertz CT molecular complexity index is 613. The number of aromatic nitrogens is 1. The molecule has 0 saturated carbocycles. The monoisotopic (exact) mass is 303 g/mol. The van der Waals surface area contributed by atoms with Crippen molar-refractivity contribution in [3.05, 3.63) is 35.0 Å². The number of alkyl halides is 3. The molecule has 20 heavy (non-hydrogen) atoms. The van der Waals surface area contributed by atoms with Crippen LogP contribution in [0.2, 0.25) is 5.02 Å². The molecule has 6 heteroatoms. The molecule has 1 heterocycles. The number of benzene rings is 1. The second-order valence-corrected chi connectivity index (χ2v) is 4.84. The lowest BCUT2D eigenvalue weighted by Crippen LogP contribution is -2.19. The molecular formula is C14H13ClF3NO. The van der Waals surface area contributed by atoms with E-state index in [0.717, 1.165) is 18.5 Å². The molecule has 0 N–H and O–H groups in total. The number of fused-ring (bicyclic) bond motifs is 1. The van der Waals surface area contributed by atoms with Crippen LogP contribution in [0.25, 0.3) is 10.9 Å². The largest absolute Gasteiger partial charge is 0.484 e. The number of ether oxygens (including phenoxy) is 1. The zero-order valence-corrected chi connectivity index (χ0v) is 11.6. The number of hydrogen-bond donors (Lipinski definition) is 0. The fourth-order valence-corrected chi connectivity index (χ4v) is 2.13. The van der Waals surface area contributed by atoms with Gasteiger partial charge in [0, 0.05) is 11.1 Å². The van der Waals surface area contributed by atoms with Crippen LogP contribution in [-0.2, 0) is 6.42 Å². The van der Waals surface area contributed by atoms with Gasteiger partial charge in [0.05, 0.1) is 10.5 Å². The van der Waals surface area contributed by atoms with Crippen molar-refractivity contribution >= 4 is 22.5 Å². The summed E-state index contributed by atoms with van der Waals surface area (Å²) in [5, 5.41) is 1.06. The van der Waals surface area contributed by atoms with Crippen molar-refractivity contribution in [2.45, 2.75) is 25.9 Å². The van der Waals surface area contributed by atoms with Crippen LogP contribution < -0.4 is 4.74 Å². The number of nitrogens with zero attached hydrogens (tertiary/aromatic N) is 1. The second kappa shape index (κ2) is 5.87. The molecule has 0 atom stereocenters. The smallest absolute Gasteiger partial charge is 0.422 e. The van der Waals surface area contributed by atoms with Gasteiger partial charge in [-0.25, -0.2) is 0 Å². The van der Waals surface area contributed by atoms with Gasteiger partial charge in [-0.2, -0.15) is 13.2 Å². The number of pyridine rings is 1. The Hall–Kier alpha value is -1.49. The maximum absolute atomic E-state index is 12.1. The molecule has 0 spiro atoms. The molecule has 0 aliphatic rings. The normalized spacial score (nSPS) is 11.8. The van der Waals surface area contributed by atoms with Crippen LogP contribution in [0, 0.1) is 0 Å². The fraction of sp³-hybridized carbons (Fsp3) is 0.357. The summed E-state index contributed by atoms with van der Waals surface area (Å²) in [6, 6.07) is 6.30. The van der Waals surface area contributed by atoms with Gasteiger partial charge in [0.15, 0.2) is 6.61 Å². The number of rotatable bonds is 4. The summed E-state index contributed by atoms with van der Waals surface area (Å²) in [4.78, 5) is 4.41. The molecule has 0 saturated heterocycles. The summed E-state index contributed by atoms with van der Waals surface area (Å²) < 4.78 is 41.0. The summed E-state index contributed by atoms with van der Waals surface area (Å²) in [5.74, 6) is 0.127. The topological polar surface area (TPSA) is 22.1 Å². The van der Waals surface area contributed by atoms with E-state index in [-0.39, 0.29) is 5.75 Å². The number of aryl methyl sites for hydroxylation is 1. The molecule has 2 aromatic rings. The minimum absolute atomic E-state index is 0.127. The molecule has 0 unspecified atom stereocenters. The van der Waals surface area contributed by atoms with Gasteiger partial charge in [0.25, 0.3) is 0 Å². The molecule has 1 aromatic heterocycles. The molecule has 0 bridgehead atoms. The predicted octanol–water partition coefficient (Wildman–Crippen LogP) is 4.78. The van der Waals surface area contributed by atoms with Crippen molar-refractivity contribution in [1.29, 1.82) is 0 Å². The van der Waals surface area contributed by atoms with Crippen molar-refractivity contribution < 1.29 is 17.9 Å². The van der Waals surface area contributed by atoms with Crippen LogP contribution in [0.5, 0.6) is 5.75 Å². The van der Waals surface area contributed by atoms with Crippen molar-refractivity contribution in [3.8, 4) is 5.75 Å². The minimum atomic E-state index is -4.36. The highest BCUT2D eigenvalue weighted by molar-refractivity contribution is 6.35. The quantitative estimate of drug-likeness (QED) is 0.811. The highest BCUT2D eigenvalue weighted by atomic mass is 35.5. The zero-order chi connectivity index (χ0) is 14.8. The van der Waals surface area contributed by atoms with Gasteiger partial charge >= 0.3 is 6.18 Å². The highest BCUT2D eigenvalue weighted by Gasteiger charge is 2.28. The van der Waals surface area contributed by atoms with Gasteiger partial charge < -0.3 is 4.74 Å². The molecular weight excluding hydrogens is 291 g/mol. The van der Waals surface area contributed by atoms with Crippen molar-refractivity contribution in [2.75, 3.05) is 6.61 Å². The minimum Gasteiger partial charge on any atom is -0.484 e. The molecule has 1 aromatic carbocycles. The Kier molecular flexibility index (Phi) is 4.38. The third-order valence-corrected chi connectivity index (χ3v) is 3.00. The van der Waals surface area contributed by atoms with E-state index in [0.29, 0.717) is 15.9 Å². The lowest BCUT2D eigenvalue weighted by Gasteiger charge is -2.10. The van der Waals surface area contributed by atoms with Gasteiger partial charge in [-0.3, -0.25) is 4.98 Å². The second-order valence-electron chi connectivity index (χ2n) is 4.43. The molecule has 2 nitrogen and oxygen atoms in total. The van der Waals surface area contributed by atoms with E-state index in [1.54, 1.807) is 12.1 Å². The first-order valence-electron chi connectivity index (χ1n) is 6.18. The third-order valence-electron chi connectivity index (χ3n) is 2.69. The van der Waals surface area contributed by atoms with Gasteiger partial charge in [0.2, 0.25) is 0 Å². The van der Waals surface area contributed by atoms with Crippen LogP contribution in [0.15, 0.2) is 24.3 Å². The average molecular weight is 304 g/mol. The van der Waals surface area contributed by atoms with Gasteiger partial charge in [-0.15, -0.1) is 0 Å². The van der Waals surface area contributed by atoms with Crippen molar-refractivity contribution in [2.24, 2.45) is 0 Å². The fourth-order valence-electron chi connectivity index (χ4n) is 1.85. The maximum Gasteiger partial charge on any atom is 0.422 e. The predicted molar refractivity (Wildman–Crippen MR) is 72.3 cm³/mol. The van der Waals surface area contributed by atoms with Crippen LogP contribution in [0.1, 0.15) is 19.0 Å². The summed E-state index contributed by atoms with van der Waals surface area (Å²) in [7, 11) is 0. The van der Waals surface area contributed by atoms with Crippen molar-refractivity contribution in [3.63, 3.8) is 0 Å². The first-order chi connectivity index (χ1) is 9.39. The van der Waals surface area contributed by atoms with Crippen LogP contribution in [0.3, 0.4) is 0 Å². The molecule has 0 amide bonds. The van der Waals surface area contributed by atoms with Gasteiger partial charge in [-0.05, 0) is 30.7 Å². The maximum atomic E-state index is 12.1. The van der Waals surface area contributed by atoms with E-state index in [9.17, 15) is 13.2 Å². The molecule has 0 fully saturated rings. The van der Waals surface area contributed by atoms with Crippen LogP contribution in [-0.4, -0.2) is 17.8 Å². The Morgan fingerprint density at radius 1 is 1.25 bits per heavy atom. The van der Waals surface area contributed by atoms with E-state index in [1.165, 1.54) is 12.1 Å². The van der Waals surface area contributed by atoms with Gasteiger partial charge in [-0.1, -0.05) is 24.9 Å². The molecule has 108 valence electrons. The summed E-state index contributed by atoms with van der Waals surface area (Å²) in [5.41, 5.74) is 1.52. The SMILES string of the molecule is CCCc1cc(Cl)c2cc(OCC(F)(F)F)ccc2n1. The molecule has 0 aliphatic carbocycles. The van der Waals surface area contributed by atoms with E-state index < -0.39 is 12.8 Å². The highest BCUT2D eigenvalue weighted by Crippen LogP contribution is 2.28. The Labute approximate surface area is 119 Å². The number of hydrogen-bond acceptors (Lipinski definition) is 2. The van der Waals surface area contributed by atoms with Crippen LogP contribution >= 0.6 is 11.6 Å². The van der Waals surface area contributed by atoms with E-state index in [4.69, 9.17) is 16.3 Å². The first-order valence-corrected chi connectivity index (χ1v) is 6.55. The molecule has 0 radical (unpaired) electrons. The first kappa shape index (κ1) is 14.9.